The van der Waals surface area contributed by atoms with E-state index < -0.39 is 0 Å². The van der Waals surface area contributed by atoms with E-state index in [1.54, 1.807) is 24.1 Å². The lowest BCUT2D eigenvalue weighted by Crippen LogP contribution is -1.90. The molecular weight excluding hydrogens is 284 g/mol. The zero-order chi connectivity index (χ0) is 15.2. The Balaban J connectivity index is 0.000000282. The summed E-state index contributed by atoms with van der Waals surface area (Å²) in [5.41, 5.74) is 5.68. The molecule has 0 bridgehead atoms. The highest BCUT2D eigenvalue weighted by atomic mass is 32.1. The zero-order valence-corrected chi connectivity index (χ0v) is 13.1. The first-order valence-electron chi connectivity index (χ1n) is 6.45. The normalized spacial score (nSPS) is 10.7. The van der Waals surface area contributed by atoms with Crippen LogP contribution in [-0.4, -0.2) is 32.4 Å². The number of hydrazone groups is 1. The van der Waals surface area contributed by atoms with Crippen LogP contribution >= 0.6 is 12.6 Å². The van der Waals surface area contributed by atoms with Crippen LogP contribution in [0.5, 0.6) is 0 Å². The number of hydrogen-bond donors (Lipinski definition) is 2. The maximum absolute atomic E-state index is 4.35. The van der Waals surface area contributed by atoms with E-state index in [4.69, 9.17) is 0 Å². The van der Waals surface area contributed by atoms with Crippen LogP contribution in [0.2, 0.25) is 0 Å². The lowest BCUT2D eigenvalue weighted by Gasteiger charge is -2.00. The number of aromatic nitrogens is 4. The summed E-state index contributed by atoms with van der Waals surface area (Å²) in [6.45, 7) is 1.86. The molecule has 110 valence electrons. The Morgan fingerprint density at radius 2 is 2.05 bits per heavy atom. The number of fused-ring (bicyclic) bond motifs is 1. The third-order valence-electron chi connectivity index (χ3n) is 2.78. The fourth-order valence-corrected chi connectivity index (χ4v) is 2.06. The van der Waals surface area contributed by atoms with Crippen LogP contribution in [0.25, 0.3) is 16.8 Å². The first-order chi connectivity index (χ1) is 10.2. The number of aryl methyl sites for hydroxylation is 1. The molecule has 3 heterocycles. The van der Waals surface area contributed by atoms with Gasteiger partial charge in [-0.2, -0.15) is 10.2 Å². The average molecular weight is 302 g/mol. The van der Waals surface area contributed by atoms with Gasteiger partial charge in [0.1, 0.15) is 5.65 Å². The Bertz CT molecular complexity index is 743. The molecule has 0 saturated carbocycles. The minimum Gasteiger partial charge on any atom is -0.313 e. The summed E-state index contributed by atoms with van der Waals surface area (Å²) in [5, 5.41) is 8.59. The van der Waals surface area contributed by atoms with Crippen molar-refractivity contribution in [3.05, 3.63) is 36.9 Å². The van der Waals surface area contributed by atoms with Crippen LogP contribution in [-0.2, 0) is 7.05 Å². The molecule has 0 aromatic carbocycles. The van der Waals surface area contributed by atoms with Gasteiger partial charge >= 0.3 is 0 Å². The van der Waals surface area contributed by atoms with E-state index in [2.05, 4.69) is 33.2 Å². The van der Waals surface area contributed by atoms with Crippen LogP contribution in [0.3, 0.4) is 0 Å². The quantitative estimate of drug-likeness (QED) is 0.433. The van der Waals surface area contributed by atoms with E-state index in [9.17, 15) is 0 Å². The van der Waals surface area contributed by atoms with E-state index >= 15 is 0 Å². The van der Waals surface area contributed by atoms with E-state index in [1.165, 1.54) is 0 Å². The molecule has 7 heteroatoms. The lowest BCUT2D eigenvalue weighted by atomic mass is 10.2. The number of nitrogens with one attached hydrogen (secondary N) is 1. The number of imidazole rings is 1. The number of thiol groups is 1. The van der Waals surface area contributed by atoms with Gasteiger partial charge in [-0.1, -0.05) is 0 Å². The van der Waals surface area contributed by atoms with Gasteiger partial charge in [0.05, 0.1) is 17.4 Å². The van der Waals surface area contributed by atoms with Crippen LogP contribution < -0.4 is 5.43 Å². The number of hydrogen-bond acceptors (Lipinski definition) is 5. The highest BCUT2D eigenvalue weighted by Gasteiger charge is 2.04. The van der Waals surface area contributed by atoms with E-state index in [-0.39, 0.29) is 0 Å². The largest absolute Gasteiger partial charge is 0.313 e. The Hall–Kier alpha value is -2.28. The molecule has 0 amide bonds. The number of pyridine rings is 1. The van der Waals surface area contributed by atoms with Crippen molar-refractivity contribution in [2.75, 3.05) is 7.05 Å². The second kappa shape index (κ2) is 6.94. The summed E-state index contributed by atoms with van der Waals surface area (Å²) in [6.07, 6.45) is 9.28. The molecule has 0 aliphatic carbocycles. The Labute approximate surface area is 128 Å². The second-order valence-corrected chi connectivity index (χ2v) is 4.73. The summed E-state index contributed by atoms with van der Waals surface area (Å²) in [4.78, 5) is 4.22. The van der Waals surface area contributed by atoms with Gasteiger partial charge in [-0.25, -0.2) is 4.98 Å². The van der Waals surface area contributed by atoms with Crippen LogP contribution in [0.4, 0.5) is 0 Å². The van der Waals surface area contributed by atoms with E-state index in [1.807, 2.05) is 49.1 Å². The SMILES string of the molecule is C/C=N\NC.Cn1cc(-c2ccc3ncc(S)n3c2)cn1. The van der Waals surface area contributed by atoms with Crippen LogP contribution in [0.1, 0.15) is 6.92 Å². The Kier molecular flexibility index (Phi) is 4.99. The van der Waals surface area contributed by atoms with Crippen molar-refractivity contribution in [2.24, 2.45) is 12.1 Å². The Morgan fingerprint density at radius 1 is 1.24 bits per heavy atom. The first-order valence-corrected chi connectivity index (χ1v) is 6.90. The summed E-state index contributed by atoms with van der Waals surface area (Å²) in [7, 11) is 3.67. The highest BCUT2D eigenvalue weighted by molar-refractivity contribution is 7.80. The van der Waals surface area contributed by atoms with E-state index in [0.717, 1.165) is 21.8 Å². The molecule has 0 atom stereocenters. The maximum Gasteiger partial charge on any atom is 0.137 e. The molecule has 3 rings (SSSR count). The third-order valence-corrected chi connectivity index (χ3v) is 3.11. The molecule has 21 heavy (non-hydrogen) atoms. The van der Waals surface area contributed by atoms with Crippen LogP contribution in [0.15, 0.2) is 47.0 Å². The molecule has 0 aliphatic rings. The fraction of sp³-hybridized carbons (Fsp3) is 0.214. The molecular formula is C14H18N6S. The standard InChI is InChI=1S/C11H10N4S.C3H8N2/c1-14-6-9(4-13-14)8-2-3-10-12-5-11(16)15(10)7-8;1-3-5-4-2/h2-7,16H,1H3;3-4H,1-2H3/b;5-3-. The predicted octanol–water partition coefficient (Wildman–Crippen LogP) is 2.24. The lowest BCUT2D eigenvalue weighted by molar-refractivity contribution is 0.768. The molecule has 0 spiro atoms. The summed E-state index contributed by atoms with van der Waals surface area (Å²) in [5.74, 6) is 0. The van der Waals surface area contributed by atoms with Gasteiger partial charge in [-0.05, 0) is 19.1 Å². The van der Waals surface area contributed by atoms with Crippen molar-refractivity contribution < 1.29 is 0 Å². The minimum atomic E-state index is 0.834. The number of nitrogens with zero attached hydrogens (tertiary/aromatic N) is 5. The van der Waals surface area contributed by atoms with Crippen molar-refractivity contribution in [3.8, 4) is 11.1 Å². The van der Waals surface area contributed by atoms with Gasteiger partial charge in [0.15, 0.2) is 0 Å². The fourth-order valence-electron chi connectivity index (χ4n) is 1.84. The molecule has 0 aliphatic heterocycles. The first kappa shape index (κ1) is 15.1. The van der Waals surface area contributed by atoms with Gasteiger partial charge in [0, 0.05) is 43.8 Å². The maximum atomic E-state index is 4.35. The van der Waals surface area contributed by atoms with Gasteiger partial charge in [0.2, 0.25) is 0 Å². The van der Waals surface area contributed by atoms with Gasteiger partial charge in [0.25, 0.3) is 0 Å². The molecule has 3 aromatic rings. The summed E-state index contributed by atoms with van der Waals surface area (Å²) < 4.78 is 3.74. The molecule has 3 aromatic heterocycles. The second-order valence-electron chi connectivity index (χ2n) is 4.28. The number of rotatable bonds is 2. The Morgan fingerprint density at radius 3 is 2.62 bits per heavy atom. The third kappa shape index (κ3) is 3.63. The molecule has 0 radical (unpaired) electrons. The topological polar surface area (TPSA) is 59.5 Å². The molecule has 6 nitrogen and oxygen atoms in total. The predicted molar refractivity (Wildman–Crippen MR) is 87.9 cm³/mol. The van der Waals surface area contributed by atoms with E-state index in [0.29, 0.717) is 0 Å². The van der Waals surface area contributed by atoms with Crippen molar-refractivity contribution >= 4 is 24.5 Å². The molecule has 1 N–H and O–H groups in total. The molecule has 0 unspecified atom stereocenters. The summed E-state index contributed by atoms with van der Waals surface area (Å²) in [6, 6.07) is 4.01. The van der Waals surface area contributed by atoms with Crippen molar-refractivity contribution in [1.29, 1.82) is 0 Å². The highest BCUT2D eigenvalue weighted by Crippen LogP contribution is 2.20. The van der Waals surface area contributed by atoms with Crippen molar-refractivity contribution in [3.63, 3.8) is 0 Å². The van der Waals surface area contributed by atoms with Crippen molar-refractivity contribution in [1.82, 2.24) is 24.6 Å². The monoisotopic (exact) mass is 302 g/mol. The van der Waals surface area contributed by atoms with Gasteiger partial charge < -0.3 is 5.43 Å². The average Bonchev–Trinajstić information content (AvgIpc) is 3.07. The van der Waals surface area contributed by atoms with Gasteiger partial charge in [-0.3, -0.25) is 9.08 Å². The minimum absolute atomic E-state index is 0.834. The van der Waals surface area contributed by atoms with Gasteiger partial charge in [-0.15, -0.1) is 12.6 Å². The van der Waals surface area contributed by atoms with Crippen LogP contribution in [0, 0.1) is 0 Å². The summed E-state index contributed by atoms with van der Waals surface area (Å²) >= 11 is 4.35. The van der Waals surface area contributed by atoms with Crippen molar-refractivity contribution in [2.45, 2.75) is 11.9 Å². The smallest absolute Gasteiger partial charge is 0.137 e. The molecule has 0 fully saturated rings. The molecule has 0 saturated heterocycles. The zero-order valence-electron chi connectivity index (χ0n) is 12.2.